The molecule has 9 nitrogen and oxygen atoms in total. The van der Waals surface area contributed by atoms with E-state index in [0.29, 0.717) is 52.1 Å². The van der Waals surface area contributed by atoms with Gasteiger partial charge in [0.05, 0.1) is 51.8 Å². The Hall–Kier alpha value is -2.79. The van der Waals surface area contributed by atoms with Gasteiger partial charge in [-0.05, 0) is 60.6 Å². The van der Waals surface area contributed by atoms with Gasteiger partial charge in [0.15, 0.2) is 0 Å². The summed E-state index contributed by atoms with van der Waals surface area (Å²) in [6.07, 6.45) is 4.28. The van der Waals surface area contributed by atoms with Crippen molar-refractivity contribution in [3.8, 4) is 5.75 Å². The van der Waals surface area contributed by atoms with E-state index in [-0.39, 0.29) is 31.3 Å². The van der Waals surface area contributed by atoms with Gasteiger partial charge in [-0.15, -0.1) is 0 Å². The number of carboxylic acids is 1. The molecule has 0 heterocycles. The van der Waals surface area contributed by atoms with Gasteiger partial charge in [0.25, 0.3) is 0 Å². The van der Waals surface area contributed by atoms with Gasteiger partial charge in [0, 0.05) is 44.8 Å². The largest absolute Gasteiger partial charge is 0.497 e. The van der Waals surface area contributed by atoms with Crippen LogP contribution in [0.15, 0.2) is 60.2 Å². The predicted octanol–water partition coefficient (Wildman–Crippen LogP) is 6.73. The van der Waals surface area contributed by atoms with E-state index in [1.54, 1.807) is 21.3 Å². The summed E-state index contributed by atoms with van der Waals surface area (Å²) in [5.41, 5.74) is 3.63. The summed E-state index contributed by atoms with van der Waals surface area (Å²) in [5, 5.41) is 20.6. The van der Waals surface area contributed by atoms with Gasteiger partial charge in [-0.25, -0.2) is 0 Å². The van der Waals surface area contributed by atoms with Crippen LogP contribution in [0.4, 0.5) is 0 Å². The molecule has 0 fully saturated rings. The molecule has 2 aromatic carbocycles. The number of ether oxygens (including phenoxy) is 6. The van der Waals surface area contributed by atoms with Crippen LogP contribution in [0, 0.1) is 5.92 Å². The van der Waals surface area contributed by atoms with Crippen molar-refractivity contribution in [1.29, 1.82) is 0 Å². The third-order valence-corrected chi connectivity index (χ3v) is 8.73. The lowest BCUT2D eigenvalue weighted by atomic mass is 9.76. The molecule has 1 unspecified atom stereocenters. The lowest BCUT2D eigenvalue weighted by molar-refractivity contribution is -0.137. The van der Waals surface area contributed by atoms with E-state index in [4.69, 9.17) is 33.5 Å². The van der Waals surface area contributed by atoms with Crippen molar-refractivity contribution in [3.63, 3.8) is 0 Å². The summed E-state index contributed by atoms with van der Waals surface area (Å²) in [6.45, 7) is 10.5. The zero-order valence-electron chi connectivity index (χ0n) is 29.5. The van der Waals surface area contributed by atoms with E-state index in [0.717, 1.165) is 34.4 Å². The number of aliphatic hydroxyl groups is 1. The van der Waals surface area contributed by atoms with Crippen LogP contribution in [0.1, 0.15) is 76.5 Å². The minimum atomic E-state index is -0.791. The maximum absolute atomic E-state index is 11.6. The highest BCUT2D eigenvalue weighted by atomic mass is 16.7. The van der Waals surface area contributed by atoms with Crippen LogP contribution in [0.5, 0.6) is 5.75 Å². The zero-order chi connectivity index (χ0) is 34.7. The third kappa shape index (κ3) is 14.9. The average molecular weight is 659 g/mol. The molecule has 0 aliphatic carbocycles. The van der Waals surface area contributed by atoms with Crippen LogP contribution in [0.3, 0.4) is 0 Å². The summed E-state index contributed by atoms with van der Waals surface area (Å²) in [6, 6.07) is 15.9. The van der Waals surface area contributed by atoms with Crippen molar-refractivity contribution in [3.05, 3.63) is 76.9 Å². The summed E-state index contributed by atoms with van der Waals surface area (Å²) < 4.78 is 34.1. The Morgan fingerprint density at radius 2 is 1.72 bits per heavy atom. The van der Waals surface area contributed by atoms with E-state index in [1.807, 2.05) is 56.3 Å². The van der Waals surface area contributed by atoms with Crippen LogP contribution in [-0.4, -0.2) is 82.4 Å². The number of hydrogen-bond acceptors (Lipinski definition) is 8. The topological polar surface area (TPSA) is 113 Å². The normalized spacial score (nSPS) is 14.9. The van der Waals surface area contributed by atoms with E-state index in [1.165, 1.54) is 0 Å². The van der Waals surface area contributed by atoms with Gasteiger partial charge in [-0.2, -0.15) is 0 Å². The van der Waals surface area contributed by atoms with E-state index < -0.39 is 17.5 Å². The molecule has 0 bridgehead atoms. The van der Waals surface area contributed by atoms with Gasteiger partial charge in [-0.3, -0.25) is 4.79 Å². The molecule has 0 aromatic heterocycles. The fraction of sp³-hybridized carbons (Fsp3) is 0.605. The molecule has 0 saturated carbocycles. The van der Waals surface area contributed by atoms with Crippen LogP contribution in [0.25, 0.3) is 0 Å². The maximum Gasteiger partial charge on any atom is 0.303 e. The maximum atomic E-state index is 11.6. The van der Waals surface area contributed by atoms with Crippen molar-refractivity contribution < 1.29 is 43.4 Å². The number of aliphatic hydroxyl groups excluding tert-OH is 1. The molecule has 0 radical (unpaired) electrons. The Bertz CT molecular complexity index is 1180. The highest BCUT2D eigenvalue weighted by Gasteiger charge is 2.33. The molecule has 0 saturated heterocycles. The Labute approximate surface area is 282 Å². The van der Waals surface area contributed by atoms with Crippen LogP contribution < -0.4 is 4.74 Å². The van der Waals surface area contributed by atoms with Crippen molar-refractivity contribution in [2.45, 2.75) is 96.6 Å². The first-order chi connectivity index (χ1) is 22.5. The second kappa shape index (κ2) is 22.0. The Kier molecular flexibility index (Phi) is 18.9. The number of rotatable bonds is 25. The van der Waals surface area contributed by atoms with E-state index >= 15 is 0 Å². The second-order valence-corrected chi connectivity index (χ2v) is 12.6. The Morgan fingerprint density at radius 3 is 2.36 bits per heavy atom. The summed E-state index contributed by atoms with van der Waals surface area (Å²) in [7, 11) is 4.97. The minimum absolute atomic E-state index is 0.136. The zero-order valence-corrected chi connectivity index (χ0v) is 29.5. The van der Waals surface area contributed by atoms with Crippen LogP contribution in [0.2, 0.25) is 0 Å². The fourth-order valence-electron chi connectivity index (χ4n) is 5.36. The first-order valence-electron chi connectivity index (χ1n) is 16.6. The molecule has 0 amide bonds. The van der Waals surface area contributed by atoms with Gasteiger partial charge in [0.1, 0.15) is 12.5 Å². The fourth-order valence-corrected chi connectivity index (χ4v) is 5.36. The van der Waals surface area contributed by atoms with Crippen molar-refractivity contribution in [2.75, 3.05) is 47.9 Å². The smallest absolute Gasteiger partial charge is 0.303 e. The van der Waals surface area contributed by atoms with Gasteiger partial charge < -0.3 is 38.6 Å². The lowest BCUT2D eigenvalue weighted by Crippen LogP contribution is -2.38. The number of carbonyl (C=O) groups is 1. The average Bonchev–Trinajstić information content (AvgIpc) is 3.07. The predicted molar refractivity (Wildman–Crippen MR) is 184 cm³/mol. The first kappa shape index (κ1) is 40.4. The summed E-state index contributed by atoms with van der Waals surface area (Å²) >= 11 is 0. The molecular weight excluding hydrogens is 600 g/mol. The van der Waals surface area contributed by atoms with Gasteiger partial charge in [0.2, 0.25) is 0 Å². The molecular formula is C38H58O9. The highest BCUT2D eigenvalue weighted by molar-refractivity contribution is 5.66. The van der Waals surface area contributed by atoms with Crippen molar-refractivity contribution in [2.24, 2.45) is 5.92 Å². The van der Waals surface area contributed by atoms with Crippen molar-refractivity contribution >= 4 is 5.97 Å². The molecule has 0 aliphatic heterocycles. The molecule has 2 aromatic rings. The number of aliphatic carboxylic acids is 1. The SMILES string of the molecule is CCC(C=C(C)[C@H](C[C@H](C[C@H](O)C(C)(C)c1cccc(CCCC(=O)O)c1)OC)OCc1ccc(OC)cc1)COCOCCOC. The first-order valence-corrected chi connectivity index (χ1v) is 16.6. The number of benzene rings is 2. The number of carboxylic acid groups (broad SMARTS) is 1. The minimum Gasteiger partial charge on any atom is -0.497 e. The molecule has 0 aliphatic rings. The van der Waals surface area contributed by atoms with Gasteiger partial charge >= 0.3 is 5.97 Å². The number of methoxy groups -OCH3 is 3. The molecule has 4 atom stereocenters. The molecule has 47 heavy (non-hydrogen) atoms. The second-order valence-electron chi connectivity index (χ2n) is 12.6. The quantitative estimate of drug-likeness (QED) is 0.0681. The molecule has 9 heteroatoms. The molecule has 0 spiro atoms. The Morgan fingerprint density at radius 1 is 0.979 bits per heavy atom. The molecule has 2 rings (SSSR count). The Balaban J connectivity index is 2.17. The lowest BCUT2D eigenvalue weighted by Gasteiger charge is -2.34. The van der Waals surface area contributed by atoms with Crippen molar-refractivity contribution in [1.82, 2.24) is 0 Å². The number of aryl methyl sites for hydroxylation is 1. The molecule has 264 valence electrons. The van der Waals surface area contributed by atoms with Crippen LogP contribution >= 0.6 is 0 Å². The van der Waals surface area contributed by atoms with E-state index in [9.17, 15) is 9.90 Å². The third-order valence-electron chi connectivity index (χ3n) is 8.73. The summed E-state index contributed by atoms with van der Waals surface area (Å²) in [4.78, 5) is 11.0. The summed E-state index contributed by atoms with van der Waals surface area (Å²) in [5.74, 6) is 0.183. The monoisotopic (exact) mass is 658 g/mol. The highest BCUT2D eigenvalue weighted by Crippen LogP contribution is 2.32. The van der Waals surface area contributed by atoms with Gasteiger partial charge in [-0.1, -0.05) is 63.2 Å². The van der Waals surface area contributed by atoms with E-state index in [2.05, 4.69) is 26.0 Å². The molecule has 2 N–H and O–H groups in total. The number of hydrogen-bond donors (Lipinski definition) is 2. The van der Waals surface area contributed by atoms with Crippen LogP contribution in [-0.2, 0) is 46.9 Å². The standard InChI is InChI=1S/C38H58O9/c1-8-29(25-46-27-45-20-19-42-5)21-28(2)35(47-26-31-15-17-33(43-6)18-16-31)23-34(44-7)24-36(39)38(3,4)32-13-9-11-30(22-32)12-10-14-37(40)41/h9,11,13,15-18,21-22,29,34-36,39H,8,10,12,14,19-20,23-27H2,1-7H3,(H,40,41)/t29?,34-,35+,36+/m1/s1.